The molecule has 4 heteroatoms. The van der Waals surface area contributed by atoms with Crippen LogP contribution < -0.4 is 9.47 Å². The number of hydrogen-bond donors (Lipinski definition) is 0. The first kappa shape index (κ1) is 14.8. The maximum absolute atomic E-state index is 12.7. The van der Waals surface area contributed by atoms with E-state index in [2.05, 4.69) is 22.6 Å². The summed E-state index contributed by atoms with van der Waals surface area (Å²) in [4.78, 5) is 12.7. The molecule has 2 aromatic carbocycles. The van der Waals surface area contributed by atoms with Crippen molar-refractivity contribution in [1.82, 2.24) is 0 Å². The van der Waals surface area contributed by atoms with E-state index in [0.717, 1.165) is 9.13 Å². The second-order valence-corrected chi connectivity index (χ2v) is 5.49. The van der Waals surface area contributed by atoms with Gasteiger partial charge >= 0.3 is 0 Å². The standard InChI is InChI=1S/C16H15IO3/c1-10-8-14(19-2)15(20-3)9-12(10)16(18)11-6-4-5-7-13(11)17/h4-9H,1-3H3. The molecule has 0 saturated carbocycles. The summed E-state index contributed by atoms with van der Waals surface area (Å²) in [7, 11) is 3.15. The van der Waals surface area contributed by atoms with Gasteiger partial charge in [0.15, 0.2) is 17.3 Å². The van der Waals surface area contributed by atoms with Crippen molar-refractivity contribution in [3.05, 3.63) is 56.7 Å². The van der Waals surface area contributed by atoms with Crippen LogP contribution in [0, 0.1) is 10.5 Å². The highest BCUT2D eigenvalue weighted by atomic mass is 127. The minimum atomic E-state index is -0.00606. The van der Waals surface area contributed by atoms with Crippen molar-refractivity contribution in [2.45, 2.75) is 6.92 Å². The van der Waals surface area contributed by atoms with Gasteiger partial charge in [0.05, 0.1) is 14.2 Å². The Bertz CT molecular complexity index is 650. The molecular weight excluding hydrogens is 367 g/mol. The number of benzene rings is 2. The van der Waals surface area contributed by atoms with E-state index in [1.165, 1.54) is 0 Å². The lowest BCUT2D eigenvalue weighted by Gasteiger charge is -2.12. The fraction of sp³-hybridized carbons (Fsp3) is 0.188. The summed E-state index contributed by atoms with van der Waals surface area (Å²) in [5.41, 5.74) is 2.20. The van der Waals surface area contributed by atoms with Crippen LogP contribution in [0.15, 0.2) is 36.4 Å². The number of halogens is 1. The third-order valence-electron chi connectivity index (χ3n) is 3.09. The van der Waals surface area contributed by atoms with Gasteiger partial charge in [-0.25, -0.2) is 0 Å². The number of aryl methyl sites for hydroxylation is 1. The van der Waals surface area contributed by atoms with E-state index in [1.54, 1.807) is 20.3 Å². The second-order valence-electron chi connectivity index (χ2n) is 4.33. The topological polar surface area (TPSA) is 35.5 Å². The van der Waals surface area contributed by atoms with Crippen LogP contribution in [0.25, 0.3) is 0 Å². The predicted molar refractivity (Wildman–Crippen MR) is 86.9 cm³/mol. The Morgan fingerprint density at radius 1 is 1.00 bits per heavy atom. The first-order valence-electron chi connectivity index (χ1n) is 6.10. The first-order chi connectivity index (χ1) is 9.58. The van der Waals surface area contributed by atoms with E-state index >= 15 is 0 Å². The van der Waals surface area contributed by atoms with Crippen molar-refractivity contribution in [3.8, 4) is 11.5 Å². The molecule has 0 bridgehead atoms. The molecule has 0 aliphatic carbocycles. The van der Waals surface area contributed by atoms with Gasteiger partial charge in [-0.15, -0.1) is 0 Å². The van der Waals surface area contributed by atoms with E-state index in [1.807, 2.05) is 37.3 Å². The highest BCUT2D eigenvalue weighted by molar-refractivity contribution is 14.1. The van der Waals surface area contributed by atoms with Gasteiger partial charge in [-0.05, 0) is 59.3 Å². The molecule has 0 aliphatic heterocycles. The molecule has 0 radical (unpaired) electrons. The zero-order chi connectivity index (χ0) is 14.7. The van der Waals surface area contributed by atoms with Crippen molar-refractivity contribution >= 4 is 28.4 Å². The molecule has 20 heavy (non-hydrogen) atoms. The molecule has 0 heterocycles. The Balaban J connectivity index is 2.53. The average Bonchev–Trinajstić information content (AvgIpc) is 2.46. The van der Waals surface area contributed by atoms with Gasteiger partial charge in [0.25, 0.3) is 0 Å². The molecule has 3 nitrogen and oxygen atoms in total. The monoisotopic (exact) mass is 382 g/mol. The summed E-state index contributed by atoms with van der Waals surface area (Å²) in [5.74, 6) is 1.19. The summed E-state index contributed by atoms with van der Waals surface area (Å²) in [6.07, 6.45) is 0. The molecule has 2 rings (SSSR count). The van der Waals surface area contributed by atoms with Crippen LogP contribution in [0.1, 0.15) is 21.5 Å². The lowest BCUT2D eigenvalue weighted by molar-refractivity contribution is 0.103. The number of methoxy groups -OCH3 is 2. The summed E-state index contributed by atoms with van der Waals surface area (Å²) in [5, 5.41) is 0. The van der Waals surface area contributed by atoms with Crippen LogP contribution in [0.4, 0.5) is 0 Å². The lowest BCUT2D eigenvalue weighted by atomic mass is 9.98. The molecule has 0 aromatic heterocycles. The maximum atomic E-state index is 12.7. The summed E-state index contributed by atoms with van der Waals surface area (Å²) < 4.78 is 11.4. The summed E-state index contributed by atoms with van der Waals surface area (Å²) in [6, 6.07) is 11.1. The third-order valence-corrected chi connectivity index (χ3v) is 4.03. The van der Waals surface area contributed by atoms with Crippen LogP contribution in [-0.2, 0) is 0 Å². The van der Waals surface area contributed by atoms with Crippen molar-refractivity contribution < 1.29 is 14.3 Å². The molecule has 0 spiro atoms. The molecular formula is C16H15IO3. The van der Waals surface area contributed by atoms with Gasteiger partial charge in [-0.1, -0.05) is 12.1 Å². The van der Waals surface area contributed by atoms with Gasteiger partial charge in [-0.2, -0.15) is 0 Å². The zero-order valence-electron chi connectivity index (χ0n) is 11.6. The van der Waals surface area contributed by atoms with Gasteiger partial charge in [0, 0.05) is 14.7 Å². The quantitative estimate of drug-likeness (QED) is 0.596. The molecule has 0 amide bonds. The Labute approximate surface area is 132 Å². The van der Waals surface area contributed by atoms with E-state index < -0.39 is 0 Å². The fourth-order valence-electron chi connectivity index (χ4n) is 2.02. The van der Waals surface area contributed by atoms with Gasteiger partial charge in [0.1, 0.15) is 0 Å². The molecule has 104 valence electrons. The van der Waals surface area contributed by atoms with Gasteiger partial charge < -0.3 is 9.47 Å². The van der Waals surface area contributed by atoms with Crippen molar-refractivity contribution in [3.63, 3.8) is 0 Å². The molecule has 0 saturated heterocycles. The Morgan fingerprint density at radius 2 is 1.60 bits per heavy atom. The van der Waals surface area contributed by atoms with E-state index in [4.69, 9.17) is 9.47 Å². The van der Waals surface area contributed by atoms with Gasteiger partial charge in [-0.3, -0.25) is 4.79 Å². The molecule has 2 aromatic rings. The number of rotatable bonds is 4. The van der Waals surface area contributed by atoms with E-state index in [0.29, 0.717) is 22.6 Å². The largest absolute Gasteiger partial charge is 0.493 e. The number of ether oxygens (including phenoxy) is 2. The zero-order valence-corrected chi connectivity index (χ0v) is 13.7. The van der Waals surface area contributed by atoms with E-state index in [9.17, 15) is 4.79 Å². The SMILES string of the molecule is COc1cc(C)c(C(=O)c2ccccc2I)cc1OC. The van der Waals surface area contributed by atoms with E-state index in [-0.39, 0.29) is 5.78 Å². The third kappa shape index (κ3) is 2.80. The molecule has 0 unspecified atom stereocenters. The Hall–Kier alpha value is -1.56. The van der Waals surface area contributed by atoms with Crippen molar-refractivity contribution in [1.29, 1.82) is 0 Å². The first-order valence-corrected chi connectivity index (χ1v) is 7.18. The lowest BCUT2D eigenvalue weighted by Crippen LogP contribution is -2.06. The fourth-order valence-corrected chi connectivity index (χ4v) is 2.65. The maximum Gasteiger partial charge on any atom is 0.194 e. The Morgan fingerprint density at radius 3 is 2.20 bits per heavy atom. The van der Waals surface area contributed by atoms with Crippen LogP contribution in [-0.4, -0.2) is 20.0 Å². The predicted octanol–water partition coefficient (Wildman–Crippen LogP) is 3.85. The van der Waals surface area contributed by atoms with Crippen molar-refractivity contribution in [2.75, 3.05) is 14.2 Å². The average molecular weight is 382 g/mol. The number of hydrogen-bond acceptors (Lipinski definition) is 3. The highest BCUT2D eigenvalue weighted by Crippen LogP contribution is 2.31. The molecule has 0 aliphatic rings. The number of ketones is 1. The second kappa shape index (κ2) is 6.26. The van der Waals surface area contributed by atoms with Crippen LogP contribution >= 0.6 is 22.6 Å². The number of carbonyl (C=O) groups is 1. The van der Waals surface area contributed by atoms with Crippen LogP contribution in [0.2, 0.25) is 0 Å². The minimum absolute atomic E-state index is 0.00606. The normalized spacial score (nSPS) is 10.2. The molecule has 0 fully saturated rings. The summed E-state index contributed by atoms with van der Waals surface area (Å²) in [6.45, 7) is 1.89. The molecule has 0 N–H and O–H groups in total. The van der Waals surface area contributed by atoms with Crippen molar-refractivity contribution in [2.24, 2.45) is 0 Å². The summed E-state index contributed by atoms with van der Waals surface area (Å²) >= 11 is 2.17. The van der Waals surface area contributed by atoms with Crippen LogP contribution in [0.3, 0.4) is 0 Å². The smallest absolute Gasteiger partial charge is 0.194 e. The van der Waals surface area contributed by atoms with Crippen LogP contribution in [0.5, 0.6) is 11.5 Å². The highest BCUT2D eigenvalue weighted by Gasteiger charge is 2.17. The van der Waals surface area contributed by atoms with Gasteiger partial charge in [0.2, 0.25) is 0 Å². The number of carbonyl (C=O) groups excluding carboxylic acids is 1. The molecule has 0 atom stereocenters. The Kier molecular flexibility index (Phi) is 4.65. The minimum Gasteiger partial charge on any atom is -0.493 e.